The Morgan fingerprint density at radius 2 is 1.59 bits per heavy atom. The average Bonchev–Trinajstić information content (AvgIpc) is 3.13. The number of hydrogen-bond donors (Lipinski definition) is 4. The van der Waals surface area contributed by atoms with Crippen LogP contribution in [0.5, 0.6) is 0 Å². The van der Waals surface area contributed by atoms with Gasteiger partial charge in [0, 0.05) is 29.7 Å². The minimum Gasteiger partial charge on any atom is -0.444 e. The highest BCUT2D eigenvalue weighted by atomic mass is 32.1. The number of amides is 4. The molecule has 4 N–H and O–H groups in total. The van der Waals surface area contributed by atoms with Gasteiger partial charge in [-0.25, -0.2) is 9.59 Å². The molecular formula is C25H36N4O4S. The van der Waals surface area contributed by atoms with E-state index in [0.717, 1.165) is 35.8 Å². The van der Waals surface area contributed by atoms with Gasteiger partial charge in [0.25, 0.3) is 5.91 Å². The molecule has 0 saturated heterocycles. The highest BCUT2D eigenvalue weighted by Crippen LogP contribution is 2.36. The summed E-state index contributed by atoms with van der Waals surface area (Å²) in [5, 5.41) is 12.9. The van der Waals surface area contributed by atoms with Crippen LogP contribution in [0.15, 0.2) is 24.3 Å². The number of anilines is 1. The molecule has 1 aliphatic rings. The Bertz CT molecular complexity index is 1010. The maximum Gasteiger partial charge on any atom is 0.407 e. The SMILES string of the molecule is CCNC(=O)Nc1sc2ccccc2c1C(=O)NC[C@H]1CC[C@H](CNC(=O)OC(C)(C)C)CC1. The van der Waals surface area contributed by atoms with Crippen LogP contribution in [0.1, 0.15) is 63.7 Å². The van der Waals surface area contributed by atoms with Crippen molar-refractivity contribution < 1.29 is 19.1 Å². The van der Waals surface area contributed by atoms with E-state index in [1.165, 1.54) is 11.3 Å². The fourth-order valence-corrected chi connectivity index (χ4v) is 5.27. The zero-order chi connectivity index (χ0) is 24.7. The summed E-state index contributed by atoms with van der Waals surface area (Å²) < 4.78 is 6.26. The molecule has 9 heteroatoms. The summed E-state index contributed by atoms with van der Waals surface area (Å²) in [7, 11) is 0. The van der Waals surface area contributed by atoms with Crippen LogP contribution in [0.4, 0.5) is 14.6 Å². The van der Waals surface area contributed by atoms with E-state index in [1.54, 1.807) is 0 Å². The third kappa shape index (κ3) is 7.35. The lowest BCUT2D eigenvalue weighted by Crippen LogP contribution is -2.37. The van der Waals surface area contributed by atoms with Gasteiger partial charge in [-0.1, -0.05) is 18.2 Å². The van der Waals surface area contributed by atoms with Crippen LogP contribution in [0.2, 0.25) is 0 Å². The lowest BCUT2D eigenvalue weighted by Gasteiger charge is -2.29. The van der Waals surface area contributed by atoms with Gasteiger partial charge in [-0.3, -0.25) is 10.1 Å². The van der Waals surface area contributed by atoms with Crippen LogP contribution in [-0.2, 0) is 4.74 Å². The summed E-state index contributed by atoms with van der Waals surface area (Å²) in [4.78, 5) is 37.1. The standard InChI is InChI=1S/C25H36N4O4S/c1-5-26-23(31)29-22-20(18-8-6-7-9-19(18)34-22)21(30)27-14-16-10-12-17(13-11-16)15-28-24(32)33-25(2,3)4/h6-9,16-17H,5,10-15H2,1-4H3,(H,27,30)(H,28,32)(H2,26,29,31)/t16-,17-. The topological polar surface area (TPSA) is 109 Å². The van der Waals surface area contributed by atoms with Gasteiger partial charge in [0.05, 0.1) is 5.56 Å². The molecule has 3 rings (SSSR count). The largest absolute Gasteiger partial charge is 0.444 e. The molecule has 1 aromatic carbocycles. The third-order valence-electron chi connectivity index (χ3n) is 5.84. The second-order valence-corrected chi connectivity index (χ2v) is 10.8. The Hall–Kier alpha value is -2.81. The van der Waals surface area contributed by atoms with Gasteiger partial charge < -0.3 is 20.7 Å². The molecule has 0 aliphatic heterocycles. The number of urea groups is 1. The van der Waals surface area contributed by atoms with E-state index in [1.807, 2.05) is 52.0 Å². The molecule has 1 saturated carbocycles. The number of ether oxygens (including phenoxy) is 1. The molecule has 0 bridgehead atoms. The maximum absolute atomic E-state index is 13.1. The number of carbonyl (C=O) groups excluding carboxylic acids is 3. The van der Waals surface area contributed by atoms with Crippen LogP contribution in [0, 0.1) is 11.8 Å². The van der Waals surface area contributed by atoms with Gasteiger partial charge in [-0.2, -0.15) is 0 Å². The number of carbonyl (C=O) groups is 3. The monoisotopic (exact) mass is 488 g/mol. The maximum atomic E-state index is 13.1. The van der Waals surface area contributed by atoms with Crippen molar-refractivity contribution in [3.8, 4) is 0 Å². The molecule has 34 heavy (non-hydrogen) atoms. The lowest BCUT2D eigenvalue weighted by molar-refractivity contribution is 0.0512. The van der Waals surface area contributed by atoms with Gasteiger partial charge in [-0.15, -0.1) is 11.3 Å². The summed E-state index contributed by atoms with van der Waals surface area (Å²) in [5.41, 5.74) is 0.0187. The van der Waals surface area contributed by atoms with Crippen molar-refractivity contribution in [3.63, 3.8) is 0 Å². The van der Waals surface area contributed by atoms with Gasteiger partial charge >= 0.3 is 12.1 Å². The van der Waals surface area contributed by atoms with Crippen LogP contribution in [0.3, 0.4) is 0 Å². The Kier molecular flexibility index (Phi) is 8.77. The Labute approximate surface area is 205 Å². The summed E-state index contributed by atoms with van der Waals surface area (Å²) >= 11 is 1.40. The second kappa shape index (κ2) is 11.6. The van der Waals surface area contributed by atoms with Crippen molar-refractivity contribution in [1.82, 2.24) is 16.0 Å². The Balaban J connectivity index is 1.52. The fraction of sp³-hybridized carbons (Fsp3) is 0.560. The molecular weight excluding hydrogens is 452 g/mol. The summed E-state index contributed by atoms with van der Waals surface area (Å²) in [6.45, 7) is 9.12. The van der Waals surface area contributed by atoms with Gasteiger partial charge in [0.2, 0.25) is 0 Å². The predicted molar refractivity (Wildman–Crippen MR) is 137 cm³/mol. The molecule has 0 unspecified atom stereocenters. The van der Waals surface area contributed by atoms with Gasteiger partial charge in [0.1, 0.15) is 10.6 Å². The zero-order valence-electron chi connectivity index (χ0n) is 20.5. The van der Waals surface area contributed by atoms with E-state index in [-0.39, 0.29) is 18.0 Å². The van der Waals surface area contributed by atoms with Crippen molar-refractivity contribution in [1.29, 1.82) is 0 Å². The number of nitrogens with one attached hydrogen (secondary N) is 4. The van der Waals surface area contributed by atoms with E-state index in [4.69, 9.17) is 4.74 Å². The third-order valence-corrected chi connectivity index (χ3v) is 6.92. The average molecular weight is 489 g/mol. The van der Waals surface area contributed by atoms with Crippen molar-refractivity contribution >= 4 is 44.5 Å². The first-order valence-electron chi connectivity index (χ1n) is 12.0. The van der Waals surface area contributed by atoms with Crippen LogP contribution in [0.25, 0.3) is 10.1 Å². The Morgan fingerprint density at radius 3 is 2.21 bits per heavy atom. The summed E-state index contributed by atoms with van der Waals surface area (Å²) in [6, 6.07) is 7.36. The number of rotatable bonds is 7. The molecule has 1 aromatic heterocycles. The number of alkyl carbamates (subject to hydrolysis) is 1. The number of benzene rings is 1. The first kappa shape index (κ1) is 25.8. The molecule has 1 fully saturated rings. The normalized spacial score (nSPS) is 18.2. The van der Waals surface area contributed by atoms with Crippen LogP contribution >= 0.6 is 11.3 Å². The van der Waals surface area contributed by atoms with Crippen molar-refractivity contribution in [2.75, 3.05) is 25.0 Å². The molecule has 2 aromatic rings. The van der Waals surface area contributed by atoms with E-state index in [2.05, 4.69) is 21.3 Å². The zero-order valence-corrected chi connectivity index (χ0v) is 21.3. The minimum atomic E-state index is -0.497. The minimum absolute atomic E-state index is 0.169. The van der Waals surface area contributed by atoms with Crippen molar-refractivity contribution in [2.45, 2.75) is 59.0 Å². The molecule has 186 valence electrons. The van der Waals surface area contributed by atoms with Gasteiger partial charge in [-0.05, 0) is 71.3 Å². The molecule has 1 heterocycles. The molecule has 8 nitrogen and oxygen atoms in total. The second-order valence-electron chi connectivity index (χ2n) is 9.77. The molecule has 1 aliphatic carbocycles. The fourth-order valence-electron chi connectivity index (χ4n) is 4.17. The summed E-state index contributed by atoms with van der Waals surface area (Å²) in [6.07, 6.45) is 3.62. The van der Waals surface area contributed by atoms with Crippen molar-refractivity contribution in [2.24, 2.45) is 11.8 Å². The highest BCUT2D eigenvalue weighted by molar-refractivity contribution is 7.23. The van der Waals surface area contributed by atoms with Crippen LogP contribution < -0.4 is 21.3 Å². The molecule has 0 radical (unpaired) electrons. The first-order chi connectivity index (χ1) is 16.2. The molecule has 0 spiro atoms. The lowest BCUT2D eigenvalue weighted by atomic mass is 9.82. The molecule has 4 amide bonds. The van der Waals surface area contributed by atoms with Gasteiger partial charge in [0.15, 0.2) is 0 Å². The van der Waals surface area contributed by atoms with E-state index >= 15 is 0 Å². The van der Waals surface area contributed by atoms with E-state index < -0.39 is 5.60 Å². The van der Waals surface area contributed by atoms with E-state index in [9.17, 15) is 14.4 Å². The van der Waals surface area contributed by atoms with Crippen molar-refractivity contribution in [3.05, 3.63) is 29.8 Å². The van der Waals surface area contributed by atoms with E-state index in [0.29, 0.717) is 42.0 Å². The number of fused-ring (bicyclic) bond motifs is 1. The Morgan fingerprint density at radius 1 is 0.971 bits per heavy atom. The molecule has 0 atom stereocenters. The number of thiophene rings is 1. The highest BCUT2D eigenvalue weighted by Gasteiger charge is 2.25. The van der Waals surface area contributed by atoms with Crippen LogP contribution in [-0.4, -0.2) is 43.3 Å². The quantitative estimate of drug-likeness (QED) is 0.435. The summed E-state index contributed by atoms with van der Waals surface area (Å²) in [5.74, 6) is 0.651. The number of hydrogen-bond acceptors (Lipinski definition) is 5. The smallest absolute Gasteiger partial charge is 0.407 e. The predicted octanol–water partition coefficient (Wildman–Crippen LogP) is 5.10. The first-order valence-corrected chi connectivity index (χ1v) is 12.8.